The second-order valence-electron chi connectivity index (χ2n) is 5.30. The zero-order valence-electron chi connectivity index (χ0n) is 13.7. The van der Waals surface area contributed by atoms with Crippen molar-refractivity contribution in [3.8, 4) is 5.75 Å². The predicted molar refractivity (Wildman–Crippen MR) is 99.3 cm³/mol. The number of ether oxygens (including phenoxy) is 1. The third-order valence-electron chi connectivity index (χ3n) is 3.47. The lowest BCUT2D eigenvalue weighted by atomic mass is 10.2. The normalized spacial score (nSPS) is 11.1. The third-order valence-corrected chi connectivity index (χ3v) is 5.48. The first-order valence-electron chi connectivity index (χ1n) is 7.82. The van der Waals surface area contributed by atoms with Gasteiger partial charge in [0.05, 0.1) is 12.3 Å². The molecule has 2 aromatic heterocycles. The summed E-state index contributed by atoms with van der Waals surface area (Å²) in [5.74, 6) is 2.47. The molecule has 0 unspecified atom stereocenters. The number of benzene rings is 1. The molecule has 3 rings (SSSR count). The predicted octanol–water partition coefficient (Wildman–Crippen LogP) is 3.33. The number of fused-ring (bicyclic) bond motifs is 1. The Labute approximate surface area is 148 Å². The highest BCUT2D eigenvalue weighted by molar-refractivity contribution is 7.98. The van der Waals surface area contributed by atoms with Crippen LogP contribution in [0.15, 0.2) is 35.1 Å². The van der Waals surface area contributed by atoms with E-state index < -0.39 is 0 Å². The molecule has 0 saturated heterocycles. The van der Waals surface area contributed by atoms with Gasteiger partial charge < -0.3 is 4.74 Å². The maximum atomic E-state index is 12.1. The fourth-order valence-electron chi connectivity index (χ4n) is 2.22. The zero-order valence-corrected chi connectivity index (χ0v) is 15.3. The van der Waals surface area contributed by atoms with Gasteiger partial charge in [-0.2, -0.15) is 21.4 Å². The van der Waals surface area contributed by atoms with Gasteiger partial charge in [-0.05, 0) is 25.0 Å². The molecule has 24 heavy (non-hydrogen) atoms. The topological polar surface area (TPSA) is 56.5 Å². The van der Waals surface area contributed by atoms with Gasteiger partial charge >= 0.3 is 0 Å². The van der Waals surface area contributed by atoms with Crippen LogP contribution in [0.2, 0.25) is 0 Å². The molecule has 0 N–H and O–H groups in total. The van der Waals surface area contributed by atoms with Gasteiger partial charge in [-0.3, -0.25) is 4.79 Å². The van der Waals surface area contributed by atoms with Gasteiger partial charge in [0.15, 0.2) is 0 Å². The largest absolute Gasteiger partial charge is 0.492 e. The fourth-order valence-corrected chi connectivity index (χ4v) is 3.78. The van der Waals surface area contributed by atoms with Crippen LogP contribution >= 0.6 is 23.1 Å². The van der Waals surface area contributed by atoms with Gasteiger partial charge in [0.25, 0.3) is 5.56 Å². The maximum absolute atomic E-state index is 12.1. The monoisotopic (exact) mass is 361 g/mol. The smallest absolute Gasteiger partial charge is 0.275 e. The van der Waals surface area contributed by atoms with Crippen molar-refractivity contribution in [2.24, 2.45) is 0 Å². The molecule has 0 aliphatic heterocycles. The van der Waals surface area contributed by atoms with Crippen LogP contribution in [0, 0.1) is 6.92 Å². The number of para-hydroxylation sites is 1. The molecular formula is C17H19N3O2S2. The summed E-state index contributed by atoms with van der Waals surface area (Å²) >= 11 is 3.18. The van der Waals surface area contributed by atoms with Gasteiger partial charge in [-0.1, -0.05) is 36.5 Å². The summed E-state index contributed by atoms with van der Waals surface area (Å²) < 4.78 is 7.16. The lowest BCUT2D eigenvalue weighted by Crippen LogP contribution is -2.15. The van der Waals surface area contributed by atoms with Crippen LogP contribution in [0.1, 0.15) is 23.2 Å². The van der Waals surface area contributed by atoms with E-state index in [0.717, 1.165) is 34.2 Å². The van der Waals surface area contributed by atoms with Crippen LogP contribution in [-0.4, -0.2) is 27.0 Å². The molecule has 2 heterocycles. The van der Waals surface area contributed by atoms with Crippen molar-refractivity contribution in [3.05, 3.63) is 57.0 Å². The van der Waals surface area contributed by atoms with Crippen molar-refractivity contribution in [1.29, 1.82) is 0 Å². The molecule has 0 spiro atoms. The minimum atomic E-state index is -0.109. The Morgan fingerprint density at radius 3 is 2.96 bits per heavy atom. The molecule has 0 amide bonds. The number of hydrogen-bond donors (Lipinski definition) is 0. The summed E-state index contributed by atoms with van der Waals surface area (Å²) in [4.78, 5) is 17.3. The summed E-state index contributed by atoms with van der Waals surface area (Å²) in [5, 5.41) is 5.18. The standard InChI is InChI=1S/C17H19N3O2S2/c1-3-15-19-20-16(21)10-13(18-17(20)24-15)11-23-9-8-22-14-7-5-4-6-12(14)2/h4-7,10H,3,8-9,11H2,1-2H3. The Morgan fingerprint density at radius 2 is 2.17 bits per heavy atom. The van der Waals surface area contributed by atoms with Gasteiger partial charge in [0, 0.05) is 17.6 Å². The maximum Gasteiger partial charge on any atom is 0.275 e. The highest BCUT2D eigenvalue weighted by Crippen LogP contribution is 2.18. The number of rotatable bonds is 7. The van der Waals surface area contributed by atoms with Crippen molar-refractivity contribution < 1.29 is 4.74 Å². The first kappa shape index (κ1) is 17.0. The number of nitrogens with zero attached hydrogens (tertiary/aromatic N) is 3. The van der Waals surface area contributed by atoms with Crippen LogP contribution in [0.4, 0.5) is 0 Å². The molecule has 0 radical (unpaired) electrons. The number of aromatic nitrogens is 3. The van der Waals surface area contributed by atoms with Crippen molar-refractivity contribution in [1.82, 2.24) is 14.6 Å². The lowest BCUT2D eigenvalue weighted by Gasteiger charge is -2.08. The minimum absolute atomic E-state index is 0.109. The second kappa shape index (κ2) is 7.81. The number of thioether (sulfide) groups is 1. The second-order valence-corrected chi connectivity index (χ2v) is 7.44. The number of aryl methyl sites for hydroxylation is 2. The molecular weight excluding hydrogens is 342 g/mol. The van der Waals surface area contributed by atoms with E-state index in [1.165, 1.54) is 15.9 Å². The molecule has 0 aliphatic carbocycles. The van der Waals surface area contributed by atoms with E-state index in [1.54, 1.807) is 17.8 Å². The average Bonchev–Trinajstić information content (AvgIpc) is 3.00. The van der Waals surface area contributed by atoms with Crippen LogP contribution in [0.5, 0.6) is 5.75 Å². The van der Waals surface area contributed by atoms with Crippen LogP contribution < -0.4 is 10.3 Å². The van der Waals surface area contributed by atoms with Crippen LogP contribution in [0.25, 0.3) is 4.96 Å². The minimum Gasteiger partial charge on any atom is -0.492 e. The molecule has 0 aliphatic rings. The average molecular weight is 361 g/mol. The molecule has 0 atom stereocenters. The van der Waals surface area contributed by atoms with E-state index in [4.69, 9.17) is 4.74 Å². The van der Waals surface area contributed by atoms with Crippen LogP contribution in [-0.2, 0) is 12.2 Å². The Kier molecular flexibility index (Phi) is 5.52. The van der Waals surface area contributed by atoms with E-state index in [-0.39, 0.29) is 5.56 Å². The number of hydrogen-bond acceptors (Lipinski definition) is 6. The highest BCUT2D eigenvalue weighted by atomic mass is 32.2. The summed E-state index contributed by atoms with van der Waals surface area (Å²) in [6.45, 7) is 4.69. The summed E-state index contributed by atoms with van der Waals surface area (Å²) in [5.41, 5.74) is 1.83. The molecule has 5 nitrogen and oxygen atoms in total. The highest BCUT2D eigenvalue weighted by Gasteiger charge is 2.08. The molecule has 7 heteroatoms. The Morgan fingerprint density at radius 1 is 1.33 bits per heavy atom. The molecule has 126 valence electrons. The van der Waals surface area contributed by atoms with Crippen LogP contribution in [0.3, 0.4) is 0 Å². The molecule has 0 saturated carbocycles. The molecule has 0 bridgehead atoms. The van der Waals surface area contributed by atoms with E-state index in [2.05, 4.69) is 10.1 Å². The van der Waals surface area contributed by atoms with Gasteiger partial charge in [0.1, 0.15) is 10.8 Å². The van der Waals surface area contributed by atoms with Gasteiger partial charge in [0.2, 0.25) is 4.96 Å². The summed E-state index contributed by atoms with van der Waals surface area (Å²) in [6.07, 6.45) is 0.813. The van der Waals surface area contributed by atoms with Crippen molar-refractivity contribution >= 4 is 28.1 Å². The first-order chi connectivity index (χ1) is 11.7. The van der Waals surface area contributed by atoms with Crippen molar-refractivity contribution in [3.63, 3.8) is 0 Å². The SMILES string of the molecule is CCc1nn2c(=O)cc(CSCCOc3ccccc3C)nc2s1. The van der Waals surface area contributed by atoms with Gasteiger partial charge in [-0.25, -0.2) is 4.98 Å². The van der Waals surface area contributed by atoms with E-state index >= 15 is 0 Å². The molecule has 0 fully saturated rings. The van der Waals surface area contributed by atoms with E-state index in [9.17, 15) is 4.79 Å². The molecule has 3 aromatic rings. The van der Waals surface area contributed by atoms with E-state index in [0.29, 0.717) is 17.3 Å². The van der Waals surface area contributed by atoms with Crippen molar-refractivity contribution in [2.75, 3.05) is 12.4 Å². The Hall–Kier alpha value is -1.86. The Bertz CT molecular complexity index is 889. The van der Waals surface area contributed by atoms with E-state index in [1.807, 2.05) is 38.1 Å². The lowest BCUT2D eigenvalue weighted by molar-refractivity contribution is 0.341. The first-order valence-corrected chi connectivity index (χ1v) is 9.79. The zero-order chi connectivity index (χ0) is 16.9. The Balaban J connectivity index is 1.54. The third kappa shape index (κ3) is 3.96. The quantitative estimate of drug-likeness (QED) is 0.604. The fraction of sp³-hybridized carbons (Fsp3) is 0.353. The molecule has 1 aromatic carbocycles. The van der Waals surface area contributed by atoms with Gasteiger partial charge in [-0.15, -0.1) is 0 Å². The van der Waals surface area contributed by atoms with Crippen molar-refractivity contribution in [2.45, 2.75) is 26.0 Å². The summed E-state index contributed by atoms with van der Waals surface area (Å²) in [7, 11) is 0. The summed E-state index contributed by atoms with van der Waals surface area (Å²) in [6, 6.07) is 9.56.